The van der Waals surface area contributed by atoms with Crippen LogP contribution in [0.15, 0.2) is 120 Å². The van der Waals surface area contributed by atoms with Crippen molar-refractivity contribution in [1.29, 1.82) is 0 Å². The number of para-hydroxylation sites is 2. The van der Waals surface area contributed by atoms with Crippen LogP contribution in [0.1, 0.15) is 25.0 Å². The van der Waals surface area contributed by atoms with E-state index in [0.717, 1.165) is 28.5 Å². The van der Waals surface area contributed by atoms with E-state index in [0.29, 0.717) is 5.84 Å². The van der Waals surface area contributed by atoms with Gasteiger partial charge in [0.2, 0.25) is 0 Å². The van der Waals surface area contributed by atoms with E-state index in [1.54, 1.807) is 6.26 Å². The van der Waals surface area contributed by atoms with Crippen LogP contribution in [0.3, 0.4) is 0 Å². The number of hydrogen-bond donors (Lipinski definition) is 0. The molecule has 0 aliphatic heterocycles. The Morgan fingerprint density at radius 3 is 2.08 bits per heavy atom. The molecule has 0 saturated carbocycles. The van der Waals surface area contributed by atoms with Crippen molar-refractivity contribution in [3.8, 4) is 22.4 Å². The molecule has 2 heterocycles. The molecule has 0 N–H and O–H groups in total. The highest BCUT2D eigenvalue weighted by Crippen LogP contribution is 2.50. The predicted octanol–water partition coefficient (Wildman–Crippen LogP) is 8.37. The Hall–Kier alpha value is -4.57. The standard InChI is InChI=1S/C32H25N3O/c1-32(2)27-16-10-9-15-25(27)26-18-17-22(21-28(26)32)29-30(34-19-20-36-31(34)33-29)35(23-11-5-3-6-12-23)24-13-7-4-8-14-24/h3-21H,1-2H3. The second-order valence-electron chi connectivity index (χ2n) is 9.78. The maximum absolute atomic E-state index is 5.79. The minimum Gasteiger partial charge on any atom is -0.432 e. The van der Waals surface area contributed by atoms with Crippen LogP contribution in [0.5, 0.6) is 0 Å². The summed E-state index contributed by atoms with van der Waals surface area (Å²) in [5, 5.41) is 0. The molecule has 0 saturated heterocycles. The Morgan fingerprint density at radius 2 is 1.36 bits per heavy atom. The lowest BCUT2D eigenvalue weighted by atomic mass is 9.82. The first-order valence-corrected chi connectivity index (χ1v) is 12.2. The highest BCUT2D eigenvalue weighted by Gasteiger charge is 2.36. The molecule has 1 aliphatic carbocycles. The Morgan fingerprint density at radius 1 is 0.722 bits per heavy atom. The van der Waals surface area contributed by atoms with E-state index in [1.165, 1.54) is 22.3 Å². The number of nitrogens with zero attached hydrogens (tertiary/aromatic N) is 3. The van der Waals surface area contributed by atoms with Crippen LogP contribution in [0.2, 0.25) is 0 Å². The predicted molar refractivity (Wildman–Crippen MR) is 145 cm³/mol. The van der Waals surface area contributed by atoms with Gasteiger partial charge in [0.15, 0.2) is 5.82 Å². The van der Waals surface area contributed by atoms with Crippen molar-refractivity contribution in [2.75, 3.05) is 4.90 Å². The lowest BCUT2D eigenvalue weighted by Gasteiger charge is -2.26. The zero-order chi connectivity index (χ0) is 24.3. The third-order valence-electron chi connectivity index (χ3n) is 7.33. The number of oxazole rings is 1. The fraction of sp³-hybridized carbons (Fsp3) is 0.0938. The monoisotopic (exact) mass is 467 g/mol. The summed E-state index contributed by atoms with van der Waals surface area (Å²) < 4.78 is 7.82. The molecule has 0 unspecified atom stereocenters. The van der Waals surface area contributed by atoms with Crippen LogP contribution in [-0.2, 0) is 5.41 Å². The topological polar surface area (TPSA) is 33.7 Å². The van der Waals surface area contributed by atoms with Gasteiger partial charge in [0, 0.05) is 22.4 Å². The van der Waals surface area contributed by atoms with E-state index in [-0.39, 0.29) is 5.41 Å². The highest BCUT2D eigenvalue weighted by atomic mass is 16.3. The van der Waals surface area contributed by atoms with Crippen molar-refractivity contribution in [3.05, 3.63) is 127 Å². The lowest BCUT2D eigenvalue weighted by Crippen LogP contribution is -2.15. The molecule has 0 spiro atoms. The minimum atomic E-state index is -0.0838. The summed E-state index contributed by atoms with van der Waals surface area (Å²) in [5.74, 6) is 1.52. The summed E-state index contributed by atoms with van der Waals surface area (Å²) in [7, 11) is 0. The van der Waals surface area contributed by atoms with Crippen LogP contribution in [0, 0.1) is 0 Å². The van der Waals surface area contributed by atoms with Crippen molar-refractivity contribution in [2.45, 2.75) is 19.3 Å². The van der Waals surface area contributed by atoms with Gasteiger partial charge in [-0.1, -0.05) is 86.6 Å². The number of aromatic nitrogens is 2. The fourth-order valence-electron chi connectivity index (χ4n) is 5.58. The van der Waals surface area contributed by atoms with E-state index < -0.39 is 0 Å². The van der Waals surface area contributed by atoms with E-state index in [2.05, 4.69) is 110 Å². The third-order valence-corrected chi connectivity index (χ3v) is 7.33. The molecule has 174 valence electrons. The second kappa shape index (κ2) is 7.72. The van der Waals surface area contributed by atoms with Crippen molar-refractivity contribution in [3.63, 3.8) is 0 Å². The van der Waals surface area contributed by atoms with Gasteiger partial charge in [-0.3, -0.25) is 9.30 Å². The number of anilines is 3. The van der Waals surface area contributed by atoms with Crippen LogP contribution in [0.4, 0.5) is 17.2 Å². The molecular formula is C32H25N3O. The van der Waals surface area contributed by atoms with Crippen molar-refractivity contribution < 1.29 is 4.42 Å². The molecule has 0 bridgehead atoms. The molecule has 0 amide bonds. The van der Waals surface area contributed by atoms with Gasteiger partial charge in [0.1, 0.15) is 12.0 Å². The van der Waals surface area contributed by atoms with Crippen molar-refractivity contribution >= 4 is 23.0 Å². The number of imidazole rings is 1. The third kappa shape index (κ3) is 2.97. The largest absolute Gasteiger partial charge is 0.432 e. The summed E-state index contributed by atoms with van der Waals surface area (Å²) in [5.41, 5.74) is 9.29. The average Bonchev–Trinajstić information content (AvgIpc) is 3.58. The number of rotatable bonds is 4. The van der Waals surface area contributed by atoms with E-state index in [1.807, 2.05) is 22.7 Å². The van der Waals surface area contributed by atoms with E-state index >= 15 is 0 Å². The van der Waals surface area contributed by atoms with E-state index in [9.17, 15) is 0 Å². The molecular weight excluding hydrogens is 442 g/mol. The van der Waals surface area contributed by atoms with Gasteiger partial charge in [-0.2, -0.15) is 4.98 Å². The maximum atomic E-state index is 5.79. The molecule has 0 atom stereocenters. The molecule has 1 aliphatic rings. The first kappa shape index (κ1) is 20.8. The Labute approximate surface area is 210 Å². The first-order chi connectivity index (χ1) is 17.6. The van der Waals surface area contributed by atoms with Gasteiger partial charge >= 0.3 is 5.84 Å². The van der Waals surface area contributed by atoms with Gasteiger partial charge in [-0.25, -0.2) is 0 Å². The smallest absolute Gasteiger partial charge is 0.308 e. The quantitative estimate of drug-likeness (QED) is 0.261. The normalized spacial score (nSPS) is 13.5. The summed E-state index contributed by atoms with van der Waals surface area (Å²) in [6.07, 6.45) is 3.62. The number of fused-ring (bicyclic) bond motifs is 4. The van der Waals surface area contributed by atoms with Gasteiger partial charge in [0.25, 0.3) is 0 Å². The van der Waals surface area contributed by atoms with Crippen molar-refractivity contribution in [2.24, 2.45) is 0 Å². The zero-order valence-electron chi connectivity index (χ0n) is 20.2. The van der Waals surface area contributed by atoms with Crippen LogP contribution >= 0.6 is 0 Å². The average molecular weight is 468 g/mol. The van der Waals surface area contributed by atoms with Gasteiger partial charge in [-0.15, -0.1) is 0 Å². The number of benzene rings is 4. The van der Waals surface area contributed by atoms with Gasteiger partial charge < -0.3 is 4.42 Å². The molecule has 4 aromatic carbocycles. The van der Waals surface area contributed by atoms with E-state index in [4.69, 9.17) is 9.40 Å². The van der Waals surface area contributed by atoms with Crippen LogP contribution in [0.25, 0.3) is 28.2 Å². The second-order valence-corrected chi connectivity index (χ2v) is 9.78. The lowest BCUT2D eigenvalue weighted by molar-refractivity contribution is 0.596. The maximum Gasteiger partial charge on any atom is 0.308 e. The highest BCUT2D eigenvalue weighted by molar-refractivity contribution is 5.89. The zero-order valence-corrected chi connectivity index (χ0v) is 20.2. The SMILES string of the molecule is CC1(C)c2ccccc2-c2ccc(-c3nc4occn4c3N(c3ccccc3)c3ccccc3)cc21. The molecule has 0 fully saturated rings. The molecule has 2 aromatic heterocycles. The molecule has 36 heavy (non-hydrogen) atoms. The molecule has 4 heteroatoms. The Bertz CT molecular complexity index is 1670. The molecule has 6 aromatic rings. The minimum absolute atomic E-state index is 0.0838. The molecule has 7 rings (SSSR count). The summed E-state index contributed by atoms with van der Waals surface area (Å²) >= 11 is 0. The number of hydrogen-bond acceptors (Lipinski definition) is 3. The summed E-state index contributed by atoms with van der Waals surface area (Å²) in [6.45, 7) is 4.61. The Kier molecular flexibility index (Phi) is 4.45. The van der Waals surface area contributed by atoms with Crippen LogP contribution in [-0.4, -0.2) is 9.38 Å². The fourth-order valence-corrected chi connectivity index (χ4v) is 5.58. The molecule has 0 radical (unpaired) electrons. The summed E-state index contributed by atoms with van der Waals surface area (Å²) in [4.78, 5) is 7.24. The Balaban J connectivity index is 1.48. The first-order valence-electron chi connectivity index (χ1n) is 12.2. The van der Waals surface area contributed by atoms with Crippen LogP contribution < -0.4 is 4.90 Å². The van der Waals surface area contributed by atoms with Gasteiger partial charge in [-0.05, 0) is 52.6 Å². The van der Waals surface area contributed by atoms with Crippen molar-refractivity contribution in [1.82, 2.24) is 9.38 Å². The molecule has 4 nitrogen and oxygen atoms in total. The summed E-state index contributed by atoms with van der Waals surface area (Å²) in [6, 6.07) is 36.3. The van der Waals surface area contributed by atoms with Gasteiger partial charge in [0.05, 0.1) is 6.20 Å².